The third-order valence-electron chi connectivity index (χ3n) is 2.36. The van der Waals surface area contributed by atoms with Crippen LogP contribution < -0.4 is 9.47 Å². The Morgan fingerprint density at radius 3 is 2.72 bits per heavy atom. The van der Waals surface area contributed by atoms with Crippen LogP contribution in [0.25, 0.3) is 0 Å². The number of methoxy groups -OCH3 is 1. The van der Waals surface area contributed by atoms with Crippen LogP contribution in [-0.2, 0) is 16.1 Å². The summed E-state index contributed by atoms with van der Waals surface area (Å²) in [5, 5.41) is 9.24. The summed E-state index contributed by atoms with van der Waals surface area (Å²) >= 11 is 0. The van der Waals surface area contributed by atoms with Gasteiger partial charge in [0.05, 0.1) is 20.3 Å². The van der Waals surface area contributed by atoms with Crippen molar-refractivity contribution in [3.05, 3.63) is 23.8 Å². The maximum absolute atomic E-state index is 11.4. The van der Waals surface area contributed by atoms with Crippen molar-refractivity contribution in [1.82, 2.24) is 0 Å². The average Bonchev–Trinajstić information content (AvgIpc) is 2.39. The van der Waals surface area contributed by atoms with Gasteiger partial charge in [-0.2, -0.15) is 0 Å². The zero-order valence-corrected chi connectivity index (χ0v) is 10.8. The topological polar surface area (TPSA) is 65.0 Å². The number of carbonyl (C=O) groups excluding carboxylic acids is 1. The summed E-state index contributed by atoms with van der Waals surface area (Å²) < 4.78 is 15.3. The van der Waals surface area contributed by atoms with Crippen LogP contribution >= 0.6 is 0 Å². The lowest BCUT2D eigenvalue weighted by Gasteiger charge is -2.16. The van der Waals surface area contributed by atoms with Gasteiger partial charge >= 0.3 is 5.97 Å². The summed E-state index contributed by atoms with van der Waals surface area (Å²) in [6, 6.07) is 5.01. The van der Waals surface area contributed by atoms with E-state index in [1.54, 1.807) is 32.0 Å². The average molecular weight is 254 g/mol. The molecule has 100 valence electrons. The molecular formula is C13H18O5. The second-order valence-corrected chi connectivity index (χ2v) is 3.64. The summed E-state index contributed by atoms with van der Waals surface area (Å²) in [6.45, 7) is 3.45. The molecule has 1 aromatic rings. The SMILES string of the molecule is CCOC(=O)C(C)Oc1ccc(OC)cc1CO. The minimum atomic E-state index is -0.719. The molecule has 5 heteroatoms. The van der Waals surface area contributed by atoms with E-state index in [0.717, 1.165) is 0 Å². The van der Waals surface area contributed by atoms with E-state index in [2.05, 4.69) is 0 Å². The summed E-state index contributed by atoms with van der Waals surface area (Å²) in [6.07, 6.45) is -0.719. The minimum absolute atomic E-state index is 0.192. The van der Waals surface area contributed by atoms with Crippen LogP contribution in [0.2, 0.25) is 0 Å². The van der Waals surface area contributed by atoms with E-state index in [1.807, 2.05) is 0 Å². The highest BCUT2D eigenvalue weighted by molar-refractivity contribution is 5.74. The Kier molecular flexibility index (Phi) is 5.45. The van der Waals surface area contributed by atoms with Crippen molar-refractivity contribution in [2.75, 3.05) is 13.7 Å². The van der Waals surface area contributed by atoms with Gasteiger partial charge in [-0.15, -0.1) is 0 Å². The van der Waals surface area contributed by atoms with Crippen molar-refractivity contribution in [3.8, 4) is 11.5 Å². The predicted octanol–water partition coefficient (Wildman–Crippen LogP) is 1.52. The number of hydrogen-bond donors (Lipinski definition) is 1. The molecule has 0 aliphatic rings. The molecule has 0 heterocycles. The minimum Gasteiger partial charge on any atom is -0.497 e. The van der Waals surface area contributed by atoms with E-state index in [-0.39, 0.29) is 6.61 Å². The number of benzene rings is 1. The van der Waals surface area contributed by atoms with Crippen molar-refractivity contribution >= 4 is 5.97 Å². The van der Waals surface area contributed by atoms with Crippen LogP contribution in [0.1, 0.15) is 19.4 Å². The molecule has 0 radical (unpaired) electrons. The van der Waals surface area contributed by atoms with Crippen LogP contribution in [0.15, 0.2) is 18.2 Å². The van der Waals surface area contributed by atoms with Crippen LogP contribution in [0.3, 0.4) is 0 Å². The van der Waals surface area contributed by atoms with Gasteiger partial charge in [0, 0.05) is 5.56 Å². The largest absolute Gasteiger partial charge is 0.497 e. The lowest BCUT2D eigenvalue weighted by molar-refractivity contribution is -0.150. The normalized spacial score (nSPS) is 11.8. The van der Waals surface area contributed by atoms with Gasteiger partial charge in [-0.3, -0.25) is 0 Å². The molecule has 18 heavy (non-hydrogen) atoms. The number of rotatable bonds is 6. The first kappa shape index (κ1) is 14.3. The van der Waals surface area contributed by atoms with Gasteiger partial charge in [0.2, 0.25) is 0 Å². The van der Waals surface area contributed by atoms with E-state index in [1.165, 1.54) is 7.11 Å². The molecule has 0 spiro atoms. The zero-order chi connectivity index (χ0) is 13.5. The van der Waals surface area contributed by atoms with Gasteiger partial charge < -0.3 is 19.3 Å². The van der Waals surface area contributed by atoms with Gasteiger partial charge in [-0.05, 0) is 32.0 Å². The number of esters is 1. The highest BCUT2D eigenvalue weighted by atomic mass is 16.6. The standard InChI is InChI=1S/C13H18O5/c1-4-17-13(15)9(2)18-12-6-5-11(16-3)7-10(12)8-14/h5-7,9,14H,4,8H2,1-3H3. The van der Waals surface area contributed by atoms with Gasteiger partial charge in [0.15, 0.2) is 6.10 Å². The van der Waals surface area contributed by atoms with E-state index >= 15 is 0 Å². The van der Waals surface area contributed by atoms with Crippen molar-refractivity contribution < 1.29 is 24.1 Å². The molecule has 0 amide bonds. The lowest BCUT2D eigenvalue weighted by Crippen LogP contribution is -2.26. The fourth-order valence-electron chi connectivity index (χ4n) is 1.42. The number of carbonyl (C=O) groups is 1. The van der Waals surface area contributed by atoms with E-state index in [0.29, 0.717) is 23.7 Å². The third kappa shape index (κ3) is 3.63. The predicted molar refractivity (Wildman–Crippen MR) is 65.6 cm³/mol. The van der Waals surface area contributed by atoms with Crippen molar-refractivity contribution in [1.29, 1.82) is 0 Å². The fourth-order valence-corrected chi connectivity index (χ4v) is 1.42. The van der Waals surface area contributed by atoms with Crippen LogP contribution in [-0.4, -0.2) is 30.9 Å². The Balaban J connectivity index is 2.80. The van der Waals surface area contributed by atoms with Crippen LogP contribution in [0, 0.1) is 0 Å². The molecule has 0 fully saturated rings. The lowest BCUT2D eigenvalue weighted by atomic mass is 10.2. The molecule has 1 atom stereocenters. The molecule has 1 aromatic carbocycles. The summed E-state index contributed by atoms with van der Waals surface area (Å²) in [7, 11) is 1.54. The maximum Gasteiger partial charge on any atom is 0.347 e. The molecule has 1 N–H and O–H groups in total. The molecule has 0 aliphatic heterocycles. The number of ether oxygens (including phenoxy) is 3. The fraction of sp³-hybridized carbons (Fsp3) is 0.462. The summed E-state index contributed by atoms with van der Waals surface area (Å²) in [5.41, 5.74) is 0.561. The molecule has 0 aliphatic carbocycles. The molecule has 5 nitrogen and oxygen atoms in total. The highest BCUT2D eigenvalue weighted by Gasteiger charge is 2.17. The summed E-state index contributed by atoms with van der Waals surface area (Å²) in [4.78, 5) is 11.4. The van der Waals surface area contributed by atoms with Crippen molar-refractivity contribution in [2.45, 2.75) is 26.6 Å². The van der Waals surface area contributed by atoms with Crippen molar-refractivity contribution in [2.24, 2.45) is 0 Å². The van der Waals surface area contributed by atoms with Gasteiger partial charge in [-0.25, -0.2) is 4.79 Å². The van der Waals surface area contributed by atoms with Gasteiger partial charge in [-0.1, -0.05) is 0 Å². The number of hydrogen-bond acceptors (Lipinski definition) is 5. The van der Waals surface area contributed by atoms with Gasteiger partial charge in [0.25, 0.3) is 0 Å². The molecule has 1 rings (SSSR count). The molecule has 0 saturated carbocycles. The molecule has 0 saturated heterocycles. The van der Waals surface area contributed by atoms with Gasteiger partial charge in [0.1, 0.15) is 11.5 Å². The van der Waals surface area contributed by atoms with E-state index < -0.39 is 12.1 Å². The summed E-state index contributed by atoms with van der Waals surface area (Å²) in [5.74, 6) is 0.631. The third-order valence-corrected chi connectivity index (χ3v) is 2.36. The smallest absolute Gasteiger partial charge is 0.347 e. The first-order valence-electron chi connectivity index (χ1n) is 5.73. The quantitative estimate of drug-likeness (QED) is 0.780. The Morgan fingerprint density at radius 2 is 2.17 bits per heavy atom. The Bertz CT molecular complexity index is 402. The second-order valence-electron chi connectivity index (χ2n) is 3.64. The first-order chi connectivity index (χ1) is 8.62. The monoisotopic (exact) mass is 254 g/mol. The Hall–Kier alpha value is -1.75. The number of aliphatic hydroxyl groups is 1. The Labute approximate surface area is 106 Å². The van der Waals surface area contributed by atoms with E-state index in [4.69, 9.17) is 14.2 Å². The first-order valence-corrected chi connectivity index (χ1v) is 5.73. The maximum atomic E-state index is 11.4. The highest BCUT2D eigenvalue weighted by Crippen LogP contribution is 2.25. The molecular weight excluding hydrogens is 236 g/mol. The number of aliphatic hydroxyl groups excluding tert-OH is 1. The van der Waals surface area contributed by atoms with Crippen molar-refractivity contribution in [3.63, 3.8) is 0 Å². The molecule has 0 bridgehead atoms. The van der Waals surface area contributed by atoms with E-state index in [9.17, 15) is 9.90 Å². The second kappa shape index (κ2) is 6.86. The molecule has 1 unspecified atom stereocenters. The molecule has 0 aromatic heterocycles. The van der Waals surface area contributed by atoms with Crippen LogP contribution in [0.5, 0.6) is 11.5 Å². The zero-order valence-electron chi connectivity index (χ0n) is 10.8. The van der Waals surface area contributed by atoms with Crippen LogP contribution in [0.4, 0.5) is 0 Å². The Morgan fingerprint density at radius 1 is 1.44 bits per heavy atom.